The normalized spacial score (nSPS) is 10.7. The van der Waals surface area contributed by atoms with E-state index in [1.54, 1.807) is 0 Å². The number of hydrogen-bond donors (Lipinski definition) is 1. The van der Waals surface area contributed by atoms with Gasteiger partial charge in [-0.1, -0.05) is 34.1 Å². The highest BCUT2D eigenvalue weighted by molar-refractivity contribution is 9.10. The Hall–Kier alpha value is -1.87. The van der Waals surface area contributed by atoms with Crippen molar-refractivity contribution in [1.82, 2.24) is 4.98 Å². The van der Waals surface area contributed by atoms with E-state index in [2.05, 4.69) is 75.6 Å². The second-order valence-electron chi connectivity index (χ2n) is 4.83. The van der Waals surface area contributed by atoms with Crippen molar-refractivity contribution in [3.63, 3.8) is 0 Å². The Morgan fingerprint density at radius 1 is 1.15 bits per heavy atom. The van der Waals surface area contributed by atoms with Crippen molar-refractivity contribution < 1.29 is 0 Å². The van der Waals surface area contributed by atoms with E-state index in [9.17, 15) is 0 Å². The van der Waals surface area contributed by atoms with Crippen LogP contribution in [0.3, 0.4) is 0 Å². The van der Waals surface area contributed by atoms with Gasteiger partial charge >= 0.3 is 0 Å². The summed E-state index contributed by atoms with van der Waals surface area (Å²) in [5.41, 5.74) is 3.65. The maximum atomic E-state index is 4.17. The molecule has 0 aliphatic rings. The zero-order chi connectivity index (χ0) is 13.9. The first-order valence-corrected chi connectivity index (χ1v) is 7.35. The lowest BCUT2D eigenvalue weighted by atomic mass is 10.1. The van der Waals surface area contributed by atoms with Crippen molar-refractivity contribution in [3.8, 4) is 0 Å². The maximum Gasteiger partial charge on any atom is 0.0406 e. The Bertz CT molecular complexity index is 748. The summed E-state index contributed by atoms with van der Waals surface area (Å²) in [6, 6.07) is 14.7. The Balaban J connectivity index is 1.85. The molecule has 0 atom stereocenters. The monoisotopic (exact) mass is 326 g/mol. The fourth-order valence-corrected chi connectivity index (χ4v) is 2.54. The molecule has 0 amide bonds. The van der Waals surface area contributed by atoms with Crippen LogP contribution in [0.5, 0.6) is 0 Å². The van der Waals surface area contributed by atoms with E-state index in [1.165, 1.54) is 21.9 Å². The first-order chi connectivity index (χ1) is 9.74. The minimum Gasteiger partial charge on any atom is -0.381 e. The van der Waals surface area contributed by atoms with Gasteiger partial charge in [0.2, 0.25) is 0 Å². The smallest absolute Gasteiger partial charge is 0.0406 e. The second kappa shape index (κ2) is 5.63. The quantitative estimate of drug-likeness (QED) is 0.739. The van der Waals surface area contributed by atoms with Gasteiger partial charge < -0.3 is 5.32 Å². The van der Waals surface area contributed by atoms with Gasteiger partial charge in [-0.3, -0.25) is 4.98 Å². The third-order valence-corrected chi connectivity index (χ3v) is 4.30. The van der Waals surface area contributed by atoms with Gasteiger partial charge in [0.1, 0.15) is 0 Å². The zero-order valence-electron chi connectivity index (χ0n) is 11.2. The molecule has 0 bridgehead atoms. The molecule has 3 rings (SSSR count). The number of aromatic nitrogens is 1. The lowest BCUT2D eigenvalue weighted by molar-refractivity contribution is 1.16. The van der Waals surface area contributed by atoms with Crippen molar-refractivity contribution in [2.24, 2.45) is 0 Å². The van der Waals surface area contributed by atoms with Crippen LogP contribution in [0.4, 0.5) is 5.69 Å². The minimum absolute atomic E-state index is 0.808. The van der Waals surface area contributed by atoms with E-state index >= 15 is 0 Å². The number of rotatable bonds is 3. The zero-order valence-corrected chi connectivity index (χ0v) is 12.8. The van der Waals surface area contributed by atoms with Crippen LogP contribution in [0.25, 0.3) is 10.8 Å². The van der Waals surface area contributed by atoms with Crippen LogP contribution < -0.4 is 5.32 Å². The molecule has 0 radical (unpaired) electrons. The summed E-state index contributed by atoms with van der Waals surface area (Å²) in [6.07, 6.45) is 3.75. The van der Waals surface area contributed by atoms with Gasteiger partial charge in [0.25, 0.3) is 0 Å². The Kier molecular flexibility index (Phi) is 3.70. The fourth-order valence-electron chi connectivity index (χ4n) is 2.30. The van der Waals surface area contributed by atoms with Gasteiger partial charge in [-0.05, 0) is 47.7 Å². The van der Waals surface area contributed by atoms with Gasteiger partial charge in [0.15, 0.2) is 0 Å². The Labute approximate surface area is 127 Å². The summed E-state index contributed by atoms with van der Waals surface area (Å²) in [6.45, 7) is 2.90. The van der Waals surface area contributed by atoms with E-state index in [0.717, 1.165) is 16.7 Å². The van der Waals surface area contributed by atoms with Crippen LogP contribution in [-0.2, 0) is 6.54 Å². The van der Waals surface area contributed by atoms with Crippen LogP contribution in [-0.4, -0.2) is 4.98 Å². The highest BCUT2D eigenvalue weighted by Gasteiger charge is 2.01. The standard InChI is InChI=1S/C17H15BrN2/c1-12-9-15(5-6-17(12)18)20-11-14-4-2-3-13-10-19-8-7-16(13)14/h2-10,20H,11H2,1H3. The first kappa shape index (κ1) is 13.1. The van der Waals surface area contributed by atoms with Crippen molar-refractivity contribution in [1.29, 1.82) is 0 Å². The molecule has 20 heavy (non-hydrogen) atoms. The summed E-state index contributed by atoms with van der Waals surface area (Å²) in [4.78, 5) is 4.17. The van der Waals surface area contributed by atoms with Crippen LogP contribution in [0.2, 0.25) is 0 Å². The van der Waals surface area contributed by atoms with Gasteiger partial charge in [0.05, 0.1) is 0 Å². The number of anilines is 1. The predicted molar refractivity (Wildman–Crippen MR) is 87.9 cm³/mol. The van der Waals surface area contributed by atoms with E-state index in [1.807, 2.05) is 12.4 Å². The lowest BCUT2D eigenvalue weighted by Gasteiger charge is -2.10. The molecule has 1 heterocycles. The van der Waals surface area contributed by atoms with Crippen LogP contribution in [0.15, 0.2) is 59.3 Å². The van der Waals surface area contributed by atoms with Crippen molar-refractivity contribution in [2.45, 2.75) is 13.5 Å². The molecule has 0 fully saturated rings. The lowest BCUT2D eigenvalue weighted by Crippen LogP contribution is -2.00. The molecule has 0 unspecified atom stereocenters. The van der Waals surface area contributed by atoms with Crippen molar-refractivity contribution in [3.05, 3.63) is 70.5 Å². The van der Waals surface area contributed by atoms with E-state index in [4.69, 9.17) is 0 Å². The summed E-state index contributed by atoms with van der Waals surface area (Å²) < 4.78 is 1.14. The van der Waals surface area contributed by atoms with E-state index in [-0.39, 0.29) is 0 Å². The van der Waals surface area contributed by atoms with Crippen LogP contribution in [0, 0.1) is 6.92 Å². The summed E-state index contributed by atoms with van der Waals surface area (Å²) >= 11 is 3.52. The average molecular weight is 327 g/mol. The van der Waals surface area contributed by atoms with E-state index in [0.29, 0.717) is 0 Å². The number of pyridine rings is 1. The van der Waals surface area contributed by atoms with Crippen molar-refractivity contribution >= 4 is 32.4 Å². The molecular formula is C17H15BrN2. The van der Waals surface area contributed by atoms with Gasteiger partial charge in [-0.25, -0.2) is 0 Å². The first-order valence-electron chi connectivity index (χ1n) is 6.56. The summed E-state index contributed by atoms with van der Waals surface area (Å²) in [7, 11) is 0. The Morgan fingerprint density at radius 2 is 2.05 bits per heavy atom. The predicted octanol–water partition coefficient (Wildman–Crippen LogP) is 4.92. The number of nitrogens with one attached hydrogen (secondary N) is 1. The fraction of sp³-hybridized carbons (Fsp3) is 0.118. The molecule has 0 saturated carbocycles. The highest BCUT2D eigenvalue weighted by atomic mass is 79.9. The van der Waals surface area contributed by atoms with E-state index < -0.39 is 0 Å². The second-order valence-corrected chi connectivity index (χ2v) is 5.69. The SMILES string of the molecule is Cc1cc(NCc2cccc3cnccc23)ccc1Br. The number of benzene rings is 2. The maximum absolute atomic E-state index is 4.17. The number of halogens is 1. The molecule has 3 heteroatoms. The molecule has 2 nitrogen and oxygen atoms in total. The Morgan fingerprint density at radius 3 is 2.90 bits per heavy atom. The number of fused-ring (bicyclic) bond motifs is 1. The summed E-state index contributed by atoms with van der Waals surface area (Å²) in [5.74, 6) is 0. The third-order valence-electron chi connectivity index (χ3n) is 3.41. The van der Waals surface area contributed by atoms with Crippen molar-refractivity contribution in [2.75, 3.05) is 5.32 Å². The van der Waals surface area contributed by atoms with Crippen LogP contribution in [0.1, 0.15) is 11.1 Å². The molecule has 3 aromatic rings. The minimum atomic E-state index is 0.808. The number of hydrogen-bond acceptors (Lipinski definition) is 2. The van der Waals surface area contributed by atoms with Gasteiger partial charge in [-0.15, -0.1) is 0 Å². The number of nitrogens with zero attached hydrogens (tertiary/aromatic N) is 1. The molecule has 100 valence electrons. The molecule has 1 aromatic heterocycles. The van der Waals surface area contributed by atoms with Gasteiger partial charge in [-0.2, -0.15) is 0 Å². The molecule has 1 N–H and O–H groups in total. The highest BCUT2D eigenvalue weighted by Crippen LogP contribution is 2.22. The molecule has 2 aromatic carbocycles. The number of aryl methyl sites for hydroxylation is 1. The topological polar surface area (TPSA) is 24.9 Å². The third kappa shape index (κ3) is 2.68. The molecule has 0 saturated heterocycles. The molecule has 0 spiro atoms. The molecule has 0 aliphatic heterocycles. The van der Waals surface area contributed by atoms with Gasteiger partial charge in [0, 0.05) is 34.5 Å². The largest absolute Gasteiger partial charge is 0.381 e. The summed E-state index contributed by atoms with van der Waals surface area (Å²) in [5, 5.41) is 5.91. The molecular weight excluding hydrogens is 312 g/mol. The molecule has 0 aliphatic carbocycles. The van der Waals surface area contributed by atoms with Crippen LogP contribution >= 0.6 is 15.9 Å². The average Bonchev–Trinajstić information content (AvgIpc) is 2.48.